The summed E-state index contributed by atoms with van der Waals surface area (Å²) in [5.74, 6) is -0.0758. The largest absolute Gasteiger partial charge is 0.352 e. The van der Waals surface area contributed by atoms with Gasteiger partial charge in [-0.1, -0.05) is 30.3 Å². The van der Waals surface area contributed by atoms with Crippen LogP contribution in [-0.4, -0.2) is 22.4 Å². The summed E-state index contributed by atoms with van der Waals surface area (Å²) in [6.07, 6.45) is 4.00. The van der Waals surface area contributed by atoms with E-state index >= 15 is 0 Å². The van der Waals surface area contributed by atoms with E-state index in [-0.39, 0.29) is 5.91 Å². The van der Waals surface area contributed by atoms with Gasteiger partial charge in [0.15, 0.2) is 0 Å². The third kappa shape index (κ3) is 3.38. The number of rotatable bonds is 5. The molecule has 0 bridgehead atoms. The van der Waals surface area contributed by atoms with E-state index in [0.29, 0.717) is 12.1 Å². The van der Waals surface area contributed by atoms with Crippen molar-refractivity contribution >= 4 is 17.2 Å². The van der Waals surface area contributed by atoms with Crippen LogP contribution in [0.2, 0.25) is 0 Å². The maximum Gasteiger partial charge on any atom is 0.251 e. The molecule has 2 aromatic heterocycles. The molecule has 0 saturated carbocycles. The zero-order chi connectivity index (χ0) is 15.2. The van der Waals surface area contributed by atoms with Crippen molar-refractivity contribution in [3.8, 4) is 11.3 Å². The summed E-state index contributed by atoms with van der Waals surface area (Å²) in [5.41, 5.74) is 4.59. The number of benzene rings is 1. The Morgan fingerprint density at radius 3 is 2.64 bits per heavy atom. The van der Waals surface area contributed by atoms with Gasteiger partial charge in [-0.05, 0) is 12.1 Å². The third-order valence-corrected chi connectivity index (χ3v) is 4.16. The second-order valence-electron chi connectivity index (χ2n) is 4.73. The van der Waals surface area contributed by atoms with E-state index in [9.17, 15) is 4.79 Å². The van der Waals surface area contributed by atoms with Gasteiger partial charge >= 0.3 is 0 Å². The Balaban J connectivity index is 1.61. The number of hydrogen-bond donors (Lipinski definition) is 1. The van der Waals surface area contributed by atoms with E-state index < -0.39 is 0 Å². The lowest BCUT2D eigenvalue weighted by Crippen LogP contribution is -2.25. The maximum absolute atomic E-state index is 12.0. The van der Waals surface area contributed by atoms with Gasteiger partial charge in [-0.3, -0.25) is 9.78 Å². The molecule has 4 nitrogen and oxygen atoms in total. The van der Waals surface area contributed by atoms with Crippen molar-refractivity contribution < 1.29 is 4.79 Å². The molecular weight excluding hydrogens is 294 g/mol. The molecule has 0 atom stereocenters. The highest BCUT2D eigenvalue weighted by atomic mass is 32.1. The van der Waals surface area contributed by atoms with Gasteiger partial charge in [0.1, 0.15) is 0 Å². The molecule has 0 radical (unpaired) electrons. The van der Waals surface area contributed by atoms with Crippen molar-refractivity contribution in [2.24, 2.45) is 0 Å². The van der Waals surface area contributed by atoms with E-state index in [2.05, 4.69) is 15.3 Å². The maximum atomic E-state index is 12.0. The normalized spacial score (nSPS) is 10.4. The smallest absolute Gasteiger partial charge is 0.251 e. The Morgan fingerprint density at radius 1 is 1.09 bits per heavy atom. The Kier molecular flexibility index (Phi) is 4.56. The fourth-order valence-electron chi connectivity index (χ4n) is 2.17. The predicted octanol–water partition coefficient (Wildman–Crippen LogP) is 3.18. The first kappa shape index (κ1) is 14.4. The molecule has 0 aliphatic heterocycles. The average molecular weight is 309 g/mol. The molecular formula is C17H15N3OS. The van der Waals surface area contributed by atoms with Crippen LogP contribution in [0, 0.1) is 0 Å². The monoisotopic (exact) mass is 309 g/mol. The lowest BCUT2D eigenvalue weighted by atomic mass is 10.1. The van der Waals surface area contributed by atoms with Crippen molar-refractivity contribution in [1.82, 2.24) is 15.3 Å². The molecule has 0 fully saturated rings. The van der Waals surface area contributed by atoms with Crippen molar-refractivity contribution in [1.29, 1.82) is 0 Å². The number of carbonyl (C=O) groups is 1. The van der Waals surface area contributed by atoms with Gasteiger partial charge in [0, 0.05) is 41.4 Å². The first-order valence-electron chi connectivity index (χ1n) is 7.00. The van der Waals surface area contributed by atoms with Crippen molar-refractivity contribution in [3.63, 3.8) is 0 Å². The van der Waals surface area contributed by atoms with E-state index in [0.717, 1.165) is 17.7 Å². The highest BCUT2D eigenvalue weighted by Gasteiger charge is 2.09. The summed E-state index contributed by atoms with van der Waals surface area (Å²) in [4.78, 5) is 21.5. The minimum Gasteiger partial charge on any atom is -0.352 e. The van der Waals surface area contributed by atoms with Crippen LogP contribution < -0.4 is 5.32 Å². The van der Waals surface area contributed by atoms with Crippen molar-refractivity contribution in [3.05, 3.63) is 70.8 Å². The van der Waals surface area contributed by atoms with Crippen LogP contribution in [-0.2, 0) is 6.42 Å². The highest BCUT2D eigenvalue weighted by molar-refractivity contribution is 7.10. The van der Waals surface area contributed by atoms with E-state index in [1.807, 2.05) is 35.8 Å². The van der Waals surface area contributed by atoms with Crippen molar-refractivity contribution in [2.45, 2.75) is 6.42 Å². The minimum atomic E-state index is -0.0758. The molecule has 5 heteroatoms. The SMILES string of the molecule is O=C(NCCc1scnc1-c1ccccc1)c1ccncc1. The molecule has 3 rings (SSSR count). The van der Waals surface area contributed by atoms with E-state index in [4.69, 9.17) is 0 Å². The van der Waals surface area contributed by atoms with Gasteiger partial charge in [0.05, 0.1) is 11.2 Å². The van der Waals surface area contributed by atoms with Crippen LogP contribution in [0.3, 0.4) is 0 Å². The quantitative estimate of drug-likeness (QED) is 0.787. The van der Waals surface area contributed by atoms with Crippen LogP contribution in [0.15, 0.2) is 60.4 Å². The Labute approximate surface area is 132 Å². The zero-order valence-corrected chi connectivity index (χ0v) is 12.7. The Morgan fingerprint density at radius 2 is 1.86 bits per heavy atom. The first-order chi connectivity index (χ1) is 10.8. The molecule has 1 N–H and O–H groups in total. The van der Waals surface area contributed by atoms with Gasteiger partial charge in [0.25, 0.3) is 5.91 Å². The topological polar surface area (TPSA) is 54.9 Å². The molecule has 110 valence electrons. The second kappa shape index (κ2) is 6.95. The summed E-state index contributed by atoms with van der Waals surface area (Å²) in [7, 11) is 0. The molecule has 0 unspecified atom stereocenters. The van der Waals surface area contributed by atoms with E-state index in [1.165, 1.54) is 4.88 Å². The highest BCUT2D eigenvalue weighted by Crippen LogP contribution is 2.25. The van der Waals surface area contributed by atoms with E-state index in [1.54, 1.807) is 35.9 Å². The molecule has 0 aliphatic carbocycles. The molecule has 2 heterocycles. The number of thiazole rings is 1. The Bertz CT molecular complexity index is 741. The number of aromatic nitrogens is 2. The lowest BCUT2D eigenvalue weighted by Gasteiger charge is -2.05. The van der Waals surface area contributed by atoms with Crippen LogP contribution >= 0.6 is 11.3 Å². The number of hydrogen-bond acceptors (Lipinski definition) is 4. The average Bonchev–Trinajstić information content (AvgIpc) is 3.05. The van der Waals surface area contributed by atoms with Crippen LogP contribution in [0.25, 0.3) is 11.3 Å². The molecule has 1 amide bonds. The molecule has 3 aromatic rings. The number of amides is 1. The molecule has 0 aliphatic rings. The van der Waals surface area contributed by atoms with Crippen LogP contribution in [0.4, 0.5) is 0 Å². The fourth-order valence-corrected chi connectivity index (χ4v) is 2.96. The van der Waals surface area contributed by atoms with Crippen molar-refractivity contribution in [2.75, 3.05) is 6.54 Å². The number of nitrogens with one attached hydrogen (secondary N) is 1. The summed E-state index contributed by atoms with van der Waals surface area (Å²) in [5, 5.41) is 2.93. The number of pyridine rings is 1. The number of carbonyl (C=O) groups excluding carboxylic acids is 1. The first-order valence-corrected chi connectivity index (χ1v) is 7.88. The standard InChI is InChI=1S/C17H15N3OS/c21-17(14-6-9-18-10-7-14)19-11-8-15-16(20-12-22-15)13-4-2-1-3-5-13/h1-7,9-10,12H,8,11H2,(H,19,21). The summed E-state index contributed by atoms with van der Waals surface area (Å²) < 4.78 is 0. The molecule has 0 spiro atoms. The molecule has 1 aromatic carbocycles. The Hall–Kier alpha value is -2.53. The van der Waals surface area contributed by atoms with Gasteiger partial charge < -0.3 is 5.32 Å². The fraction of sp³-hybridized carbons (Fsp3) is 0.118. The summed E-state index contributed by atoms with van der Waals surface area (Å²) >= 11 is 1.62. The number of nitrogens with zero attached hydrogens (tertiary/aromatic N) is 2. The zero-order valence-electron chi connectivity index (χ0n) is 11.9. The third-order valence-electron chi connectivity index (χ3n) is 3.27. The van der Waals surface area contributed by atoms with Gasteiger partial charge in [-0.2, -0.15) is 0 Å². The van der Waals surface area contributed by atoms with Gasteiger partial charge in [0.2, 0.25) is 0 Å². The van der Waals surface area contributed by atoms with Crippen LogP contribution in [0.1, 0.15) is 15.2 Å². The predicted molar refractivity (Wildman–Crippen MR) is 87.8 cm³/mol. The summed E-state index contributed by atoms with van der Waals surface area (Å²) in [6.45, 7) is 0.586. The van der Waals surface area contributed by atoms with Gasteiger partial charge in [-0.15, -0.1) is 11.3 Å². The second-order valence-corrected chi connectivity index (χ2v) is 5.67. The molecule has 0 saturated heterocycles. The minimum absolute atomic E-state index is 0.0758. The lowest BCUT2D eigenvalue weighted by molar-refractivity contribution is 0.0954. The van der Waals surface area contributed by atoms with Gasteiger partial charge in [-0.25, -0.2) is 4.98 Å². The van der Waals surface area contributed by atoms with Crippen LogP contribution in [0.5, 0.6) is 0 Å². The molecule has 22 heavy (non-hydrogen) atoms. The summed E-state index contributed by atoms with van der Waals surface area (Å²) in [6, 6.07) is 13.5.